The van der Waals surface area contributed by atoms with Crippen LogP contribution in [-0.4, -0.2) is 42.4 Å². The molecular formula is C32H40N2O6S. The number of aryl methyl sites for hydroxylation is 1. The summed E-state index contributed by atoms with van der Waals surface area (Å²) < 4.78 is 41.6. The van der Waals surface area contributed by atoms with Crippen LogP contribution < -0.4 is 9.46 Å². The summed E-state index contributed by atoms with van der Waals surface area (Å²) in [6.07, 6.45) is 6.25. The summed E-state index contributed by atoms with van der Waals surface area (Å²) in [6.45, 7) is 9.65. The minimum Gasteiger partial charge on any atom is -0.493 e. The molecule has 0 spiro atoms. The number of anilines is 1. The first-order valence-corrected chi connectivity index (χ1v) is 16.1. The molecule has 1 aromatic heterocycles. The molecule has 8 nitrogen and oxygen atoms in total. The van der Waals surface area contributed by atoms with Crippen LogP contribution in [0.3, 0.4) is 0 Å². The molecule has 41 heavy (non-hydrogen) atoms. The Labute approximate surface area is 242 Å². The summed E-state index contributed by atoms with van der Waals surface area (Å²) in [6, 6.07) is 7.61. The molecule has 220 valence electrons. The lowest BCUT2D eigenvalue weighted by molar-refractivity contribution is -0.160. The molecule has 2 aromatic carbocycles. The van der Waals surface area contributed by atoms with Crippen LogP contribution in [0, 0.1) is 19.8 Å². The Bertz CT molecular complexity index is 1580. The number of rotatable bonds is 8. The van der Waals surface area contributed by atoms with Crippen molar-refractivity contribution < 1.29 is 27.8 Å². The molecule has 1 aliphatic carbocycles. The van der Waals surface area contributed by atoms with Crippen molar-refractivity contribution in [2.24, 2.45) is 5.92 Å². The van der Waals surface area contributed by atoms with Gasteiger partial charge in [-0.3, -0.25) is 9.71 Å². The highest BCUT2D eigenvalue weighted by atomic mass is 32.2. The number of ether oxygens (including phenoxy) is 2. The first-order valence-electron chi connectivity index (χ1n) is 14.4. The molecular weight excluding hydrogens is 540 g/mol. The van der Waals surface area contributed by atoms with Gasteiger partial charge in [-0.05, 0) is 99.9 Å². The average Bonchev–Trinajstić information content (AvgIpc) is 2.90. The number of pyridine rings is 1. The second-order valence-electron chi connectivity index (χ2n) is 12.4. The van der Waals surface area contributed by atoms with Crippen molar-refractivity contribution in [3.63, 3.8) is 0 Å². The van der Waals surface area contributed by atoms with Crippen molar-refractivity contribution in [2.75, 3.05) is 17.1 Å². The number of carbonyl (C=O) groups is 1. The van der Waals surface area contributed by atoms with Gasteiger partial charge >= 0.3 is 5.97 Å². The normalized spacial score (nSPS) is 16.8. The fourth-order valence-corrected chi connectivity index (χ4v) is 7.88. The van der Waals surface area contributed by atoms with Gasteiger partial charge < -0.3 is 14.6 Å². The number of hydrogen-bond acceptors (Lipinski definition) is 6. The fourth-order valence-electron chi connectivity index (χ4n) is 6.30. The van der Waals surface area contributed by atoms with Crippen molar-refractivity contribution >= 4 is 32.6 Å². The fraction of sp³-hybridized carbons (Fsp3) is 0.500. The van der Waals surface area contributed by atoms with Crippen LogP contribution in [0.5, 0.6) is 5.75 Å². The number of nitrogens with one attached hydrogen (secondary N) is 1. The highest BCUT2D eigenvalue weighted by molar-refractivity contribution is 7.92. The van der Waals surface area contributed by atoms with Crippen molar-refractivity contribution in [1.82, 2.24) is 4.98 Å². The maximum absolute atomic E-state index is 13.3. The first kappa shape index (κ1) is 29.3. The van der Waals surface area contributed by atoms with Crippen molar-refractivity contribution in [3.8, 4) is 16.9 Å². The van der Waals surface area contributed by atoms with E-state index in [1.54, 1.807) is 19.2 Å². The van der Waals surface area contributed by atoms with E-state index in [4.69, 9.17) is 14.5 Å². The Hall–Kier alpha value is -3.17. The Morgan fingerprint density at radius 2 is 1.90 bits per heavy atom. The third-order valence-electron chi connectivity index (χ3n) is 8.07. The molecule has 0 saturated heterocycles. The van der Waals surface area contributed by atoms with Gasteiger partial charge in [0.2, 0.25) is 10.0 Å². The molecule has 1 saturated carbocycles. The van der Waals surface area contributed by atoms with Crippen LogP contribution in [0.2, 0.25) is 0 Å². The van der Waals surface area contributed by atoms with Gasteiger partial charge in [0, 0.05) is 29.1 Å². The minimum absolute atomic E-state index is 0.0578. The highest BCUT2D eigenvalue weighted by Crippen LogP contribution is 2.45. The number of carboxylic acids is 1. The van der Waals surface area contributed by atoms with E-state index < -0.39 is 27.7 Å². The molecule has 5 rings (SSSR count). The summed E-state index contributed by atoms with van der Waals surface area (Å²) in [5.41, 5.74) is 4.54. The van der Waals surface area contributed by atoms with Gasteiger partial charge in [-0.15, -0.1) is 0 Å². The zero-order valence-electron chi connectivity index (χ0n) is 24.5. The summed E-state index contributed by atoms with van der Waals surface area (Å²) in [7, 11) is -3.66. The topological polar surface area (TPSA) is 115 Å². The van der Waals surface area contributed by atoms with Crippen molar-refractivity contribution in [2.45, 2.75) is 84.8 Å². The third kappa shape index (κ3) is 6.21. The van der Waals surface area contributed by atoms with Crippen LogP contribution in [-0.2, 0) is 26.0 Å². The number of benzene rings is 2. The summed E-state index contributed by atoms with van der Waals surface area (Å²) in [4.78, 5) is 17.5. The van der Waals surface area contributed by atoms with E-state index in [0.29, 0.717) is 34.5 Å². The lowest BCUT2D eigenvalue weighted by Gasteiger charge is -2.30. The van der Waals surface area contributed by atoms with E-state index in [-0.39, 0.29) is 11.7 Å². The predicted molar refractivity (Wildman–Crippen MR) is 161 cm³/mol. The van der Waals surface area contributed by atoms with Gasteiger partial charge in [0.15, 0.2) is 6.10 Å². The van der Waals surface area contributed by atoms with Crippen LogP contribution in [0.15, 0.2) is 30.5 Å². The quantitative estimate of drug-likeness (QED) is 0.304. The summed E-state index contributed by atoms with van der Waals surface area (Å²) >= 11 is 0. The molecule has 0 amide bonds. The SMILES string of the molecule is Cc1cc(NS(=O)(=O)CC2CCCCC2)c(C)c(C(OC(C)(C)C)C(=O)O)c1-c1ccc2c3c(ccnc13)CCO2. The van der Waals surface area contributed by atoms with Crippen LogP contribution in [0.1, 0.15) is 81.2 Å². The molecule has 9 heteroatoms. The smallest absolute Gasteiger partial charge is 0.337 e. The molecule has 1 fully saturated rings. The molecule has 3 aromatic rings. The summed E-state index contributed by atoms with van der Waals surface area (Å²) in [5.74, 6) is -0.211. The molecule has 1 aliphatic heterocycles. The molecule has 0 bridgehead atoms. The standard InChI is InChI=1S/C32H40N2O6S/c1-19-17-24(34-41(37,38)18-21-9-7-6-8-10-21)20(2)27(30(31(35)36)40-32(3,4)5)26(19)23-11-12-25-28-22(14-16-39-25)13-15-33-29(23)28/h11-13,15,17,21,30,34H,6-10,14,16,18H2,1-5H3,(H,35,36). The van der Waals surface area contributed by atoms with Gasteiger partial charge in [0.05, 0.1) is 29.2 Å². The molecule has 2 N–H and O–H groups in total. The maximum Gasteiger partial charge on any atom is 0.337 e. The molecule has 2 heterocycles. The number of hydrogen-bond donors (Lipinski definition) is 2. The van der Waals surface area contributed by atoms with Gasteiger partial charge in [-0.1, -0.05) is 19.3 Å². The molecule has 2 aliphatic rings. The molecule has 0 radical (unpaired) electrons. The van der Waals surface area contributed by atoms with Gasteiger partial charge in [-0.25, -0.2) is 13.2 Å². The van der Waals surface area contributed by atoms with E-state index in [1.807, 2.05) is 45.9 Å². The van der Waals surface area contributed by atoms with Crippen molar-refractivity contribution in [3.05, 3.63) is 52.7 Å². The van der Waals surface area contributed by atoms with Gasteiger partial charge in [0.25, 0.3) is 0 Å². The minimum atomic E-state index is -3.66. The van der Waals surface area contributed by atoms with Crippen LogP contribution >= 0.6 is 0 Å². The Morgan fingerprint density at radius 1 is 1.17 bits per heavy atom. The third-order valence-corrected chi connectivity index (χ3v) is 9.52. The Kier molecular flexibility index (Phi) is 8.05. The van der Waals surface area contributed by atoms with Crippen molar-refractivity contribution in [1.29, 1.82) is 0 Å². The van der Waals surface area contributed by atoms with E-state index >= 15 is 0 Å². The van der Waals surface area contributed by atoms with E-state index in [2.05, 4.69) is 4.72 Å². The lowest BCUT2D eigenvalue weighted by Crippen LogP contribution is -2.29. The second-order valence-corrected chi connectivity index (χ2v) is 14.2. The van der Waals surface area contributed by atoms with E-state index in [0.717, 1.165) is 66.4 Å². The highest BCUT2D eigenvalue weighted by Gasteiger charge is 2.34. The van der Waals surface area contributed by atoms with E-state index in [9.17, 15) is 18.3 Å². The van der Waals surface area contributed by atoms with Gasteiger partial charge in [0.1, 0.15) is 5.75 Å². The number of aliphatic carboxylic acids is 1. The second kappa shape index (κ2) is 11.2. The number of sulfonamides is 1. The Balaban J connectivity index is 1.70. The lowest BCUT2D eigenvalue weighted by atomic mass is 9.86. The largest absolute Gasteiger partial charge is 0.493 e. The Morgan fingerprint density at radius 3 is 2.59 bits per heavy atom. The van der Waals surface area contributed by atoms with Crippen LogP contribution in [0.4, 0.5) is 5.69 Å². The number of nitrogens with zero attached hydrogens (tertiary/aromatic N) is 1. The number of carboxylic acid groups (broad SMARTS) is 1. The zero-order valence-corrected chi connectivity index (χ0v) is 25.4. The first-order chi connectivity index (χ1) is 19.3. The molecule has 1 atom stereocenters. The summed E-state index contributed by atoms with van der Waals surface area (Å²) in [5, 5.41) is 11.4. The maximum atomic E-state index is 13.3. The zero-order chi connectivity index (χ0) is 29.5. The number of aromatic nitrogens is 1. The average molecular weight is 581 g/mol. The monoisotopic (exact) mass is 580 g/mol. The van der Waals surface area contributed by atoms with E-state index in [1.165, 1.54) is 0 Å². The van der Waals surface area contributed by atoms with Gasteiger partial charge in [-0.2, -0.15) is 0 Å². The molecule has 1 unspecified atom stereocenters. The van der Waals surface area contributed by atoms with Crippen LogP contribution in [0.25, 0.3) is 22.0 Å². The predicted octanol–water partition coefficient (Wildman–Crippen LogP) is 6.72.